The molecule has 1 N–H and O–H groups in total. The highest BCUT2D eigenvalue weighted by atomic mass is 35.5. The van der Waals surface area contributed by atoms with E-state index in [0.717, 1.165) is 0 Å². The molecular formula is C20H20Cl2FN5O2. The van der Waals surface area contributed by atoms with Gasteiger partial charge in [0.15, 0.2) is 11.0 Å². The molecule has 2 aliphatic rings. The highest BCUT2D eigenvalue weighted by molar-refractivity contribution is 6.32. The molecule has 0 unspecified atom stereocenters. The summed E-state index contributed by atoms with van der Waals surface area (Å²) in [5, 5.41) is 19.6. The Morgan fingerprint density at radius 1 is 1.40 bits per heavy atom. The standard InChI is InChI=1S/C20H20Cl2FN5O2/c1-19(2,3)20-5-4-10(28(20)18(29)30)8-27(9-20)15-11(6-24)16(21)26-14-12(15)7-25-17(22)13(14)23/h7,10H,4-5,8-9H2,1-3H3,(H,29,30)/t10-,20-/m0/s1. The molecule has 0 aromatic carbocycles. The van der Waals surface area contributed by atoms with Gasteiger partial charge in [-0.1, -0.05) is 44.0 Å². The Kier molecular flexibility index (Phi) is 4.75. The summed E-state index contributed by atoms with van der Waals surface area (Å²) < 4.78 is 14.7. The number of nitrogens with zero attached hydrogens (tertiary/aromatic N) is 5. The normalized spacial score (nSPS) is 23.7. The highest BCUT2D eigenvalue weighted by Crippen LogP contribution is 2.51. The van der Waals surface area contributed by atoms with Crippen molar-refractivity contribution in [2.45, 2.75) is 45.2 Å². The maximum Gasteiger partial charge on any atom is 0.408 e. The molecular weight excluding hydrogens is 432 g/mol. The number of carbonyl (C=O) groups is 1. The molecule has 0 radical (unpaired) electrons. The largest absolute Gasteiger partial charge is 0.465 e. The Morgan fingerprint density at radius 2 is 2.10 bits per heavy atom. The molecule has 10 heteroatoms. The minimum atomic E-state index is -0.954. The summed E-state index contributed by atoms with van der Waals surface area (Å²) in [6.45, 7) is 6.74. The third kappa shape index (κ3) is 2.79. The van der Waals surface area contributed by atoms with Crippen molar-refractivity contribution in [2.75, 3.05) is 18.0 Å². The number of hydrogen-bond donors (Lipinski definition) is 1. The molecule has 0 saturated carbocycles. The number of carboxylic acid groups (broad SMARTS) is 1. The first-order chi connectivity index (χ1) is 14.0. The minimum absolute atomic E-state index is 0.0631. The topological polar surface area (TPSA) is 93.4 Å². The van der Waals surface area contributed by atoms with Crippen molar-refractivity contribution < 1.29 is 14.3 Å². The van der Waals surface area contributed by atoms with Crippen LogP contribution < -0.4 is 4.90 Å². The Bertz CT molecular complexity index is 1110. The first kappa shape index (κ1) is 20.9. The van der Waals surface area contributed by atoms with Gasteiger partial charge in [-0.25, -0.2) is 19.2 Å². The molecule has 2 saturated heterocycles. The van der Waals surface area contributed by atoms with Gasteiger partial charge < -0.3 is 10.0 Å². The van der Waals surface area contributed by atoms with Crippen molar-refractivity contribution in [3.05, 3.63) is 27.9 Å². The molecule has 30 heavy (non-hydrogen) atoms. The van der Waals surface area contributed by atoms with E-state index in [1.54, 1.807) is 4.90 Å². The number of halogens is 3. The zero-order valence-corrected chi connectivity index (χ0v) is 18.2. The molecule has 2 bridgehead atoms. The van der Waals surface area contributed by atoms with Gasteiger partial charge in [-0.05, 0) is 18.3 Å². The van der Waals surface area contributed by atoms with Gasteiger partial charge in [0, 0.05) is 24.7 Å². The number of aromatic nitrogens is 2. The fraction of sp³-hybridized carbons (Fsp3) is 0.500. The van der Waals surface area contributed by atoms with Crippen LogP contribution in [0, 0.1) is 22.6 Å². The van der Waals surface area contributed by atoms with Crippen LogP contribution in [0.5, 0.6) is 0 Å². The summed E-state index contributed by atoms with van der Waals surface area (Å²) >= 11 is 12.1. The molecule has 7 nitrogen and oxygen atoms in total. The van der Waals surface area contributed by atoms with Crippen molar-refractivity contribution in [1.29, 1.82) is 5.26 Å². The van der Waals surface area contributed by atoms with Crippen molar-refractivity contribution in [3.8, 4) is 6.07 Å². The average Bonchev–Trinajstić information content (AvgIpc) is 2.92. The van der Waals surface area contributed by atoms with Gasteiger partial charge in [-0.2, -0.15) is 5.26 Å². The second-order valence-corrected chi connectivity index (χ2v) is 9.59. The Morgan fingerprint density at radius 3 is 2.70 bits per heavy atom. The van der Waals surface area contributed by atoms with E-state index in [1.165, 1.54) is 6.20 Å². The van der Waals surface area contributed by atoms with Gasteiger partial charge in [0.25, 0.3) is 0 Å². The predicted molar refractivity (Wildman–Crippen MR) is 112 cm³/mol. The second-order valence-electron chi connectivity index (χ2n) is 8.87. The zero-order valence-electron chi connectivity index (χ0n) is 16.7. The van der Waals surface area contributed by atoms with E-state index in [4.69, 9.17) is 23.2 Å². The van der Waals surface area contributed by atoms with Crippen LogP contribution in [0.3, 0.4) is 0 Å². The number of amides is 1. The van der Waals surface area contributed by atoms with Crippen molar-refractivity contribution in [2.24, 2.45) is 5.41 Å². The molecule has 2 aromatic rings. The highest BCUT2D eigenvalue weighted by Gasteiger charge is 2.59. The fourth-order valence-corrected chi connectivity index (χ4v) is 5.36. The van der Waals surface area contributed by atoms with Gasteiger partial charge in [-0.15, -0.1) is 0 Å². The van der Waals surface area contributed by atoms with Crippen LogP contribution in [0.2, 0.25) is 10.3 Å². The van der Waals surface area contributed by atoms with E-state index < -0.39 is 17.4 Å². The lowest BCUT2D eigenvalue weighted by molar-refractivity contribution is 0.00549. The molecule has 1 amide bonds. The molecule has 2 aliphatic heterocycles. The third-order valence-electron chi connectivity index (χ3n) is 6.49. The molecule has 2 atom stereocenters. The Labute approximate surface area is 183 Å². The van der Waals surface area contributed by atoms with Crippen LogP contribution >= 0.6 is 23.2 Å². The van der Waals surface area contributed by atoms with Gasteiger partial charge in [0.05, 0.1) is 17.3 Å². The first-order valence-electron chi connectivity index (χ1n) is 9.52. The van der Waals surface area contributed by atoms with Crippen LogP contribution in [-0.2, 0) is 0 Å². The molecule has 0 aliphatic carbocycles. The SMILES string of the molecule is CC(C)(C)[C@]12CC[C@@H](CN(c3c(C#N)c(Cl)nc4c(F)c(Cl)ncc34)C1)N2C(=O)O. The fourth-order valence-electron chi connectivity index (χ4n) is 5.00. The van der Waals surface area contributed by atoms with Gasteiger partial charge in [0.2, 0.25) is 0 Å². The first-order valence-corrected chi connectivity index (χ1v) is 10.3. The van der Waals surface area contributed by atoms with Gasteiger partial charge in [0.1, 0.15) is 22.3 Å². The summed E-state index contributed by atoms with van der Waals surface area (Å²) in [4.78, 5) is 23.6. The summed E-state index contributed by atoms with van der Waals surface area (Å²) in [5.74, 6) is -0.806. The lowest BCUT2D eigenvalue weighted by atomic mass is 9.71. The molecule has 158 valence electrons. The number of nitriles is 1. The van der Waals surface area contributed by atoms with Crippen LogP contribution in [0.4, 0.5) is 14.9 Å². The van der Waals surface area contributed by atoms with E-state index >= 15 is 0 Å². The van der Waals surface area contributed by atoms with Crippen molar-refractivity contribution in [3.63, 3.8) is 0 Å². The lowest BCUT2D eigenvalue weighted by Gasteiger charge is -2.54. The third-order valence-corrected chi connectivity index (χ3v) is 7.03. The average molecular weight is 452 g/mol. The summed E-state index contributed by atoms with van der Waals surface area (Å²) in [5.41, 5.74) is -0.576. The molecule has 4 rings (SSSR count). The molecule has 2 aromatic heterocycles. The number of pyridine rings is 2. The number of hydrogen-bond acceptors (Lipinski definition) is 5. The van der Waals surface area contributed by atoms with Crippen LogP contribution in [-0.4, -0.2) is 50.7 Å². The number of piperazine rings is 1. The van der Waals surface area contributed by atoms with Crippen molar-refractivity contribution >= 4 is 45.9 Å². The predicted octanol–water partition coefficient (Wildman–Crippen LogP) is 4.69. The van der Waals surface area contributed by atoms with E-state index in [2.05, 4.69) is 16.0 Å². The van der Waals surface area contributed by atoms with E-state index in [9.17, 15) is 19.6 Å². The second kappa shape index (κ2) is 6.82. The molecule has 4 heterocycles. The summed E-state index contributed by atoms with van der Waals surface area (Å²) in [6.07, 6.45) is 1.83. The van der Waals surface area contributed by atoms with Gasteiger partial charge in [-0.3, -0.25) is 4.90 Å². The quantitative estimate of drug-likeness (QED) is 0.631. The van der Waals surface area contributed by atoms with Crippen LogP contribution in [0.1, 0.15) is 39.2 Å². The number of anilines is 1. The van der Waals surface area contributed by atoms with E-state index in [1.807, 2.05) is 25.7 Å². The molecule has 0 spiro atoms. The minimum Gasteiger partial charge on any atom is -0.465 e. The van der Waals surface area contributed by atoms with E-state index in [-0.39, 0.29) is 32.8 Å². The monoisotopic (exact) mass is 451 g/mol. The molecule has 2 fully saturated rings. The summed E-state index contributed by atoms with van der Waals surface area (Å²) in [7, 11) is 0. The number of fused-ring (bicyclic) bond motifs is 3. The van der Waals surface area contributed by atoms with Gasteiger partial charge >= 0.3 is 6.09 Å². The Hall–Kier alpha value is -2.37. The summed E-state index contributed by atoms with van der Waals surface area (Å²) in [6, 6.07) is 1.82. The smallest absolute Gasteiger partial charge is 0.408 e. The number of rotatable bonds is 1. The Balaban J connectivity index is 1.95. The maximum absolute atomic E-state index is 14.7. The van der Waals surface area contributed by atoms with Crippen molar-refractivity contribution in [1.82, 2.24) is 14.9 Å². The maximum atomic E-state index is 14.7. The zero-order chi connectivity index (χ0) is 22.0. The van der Waals surface area contributed by atoms with Crippen LogP contribution in [0.25, 0.3) is 10.9 Å². The van der Waals surface area contributed by atoms with Crippen LogP contribution in [0.15, 0.2) is 6.20 Å². The lowest BCUT2D eigenvalue weighted by Crippen LogP contribution is -2.68. The van der Waals surface area contributed by atoms with E-state index in [0.29, 0.717) is 37.0 Å².